The van der Waals surface area contributed by atoms with Crippen LogP contribution >= 0.6 is 11.6 Å². The molecule has 0 unspecified atom stereocenters. The van der Waals surface area contributed by atoms with Gasteiger partial charge in [-0.2, -0.15) is 0 Å². The fourth-order valence-electron chi connectivity index (χ4n) is 2.70. The number of rotatable bonds is 5. The first-order valence-corrected chi connectivity index (χ1v) is 6.83. The maximum Gasteiger partial charge on any atom is 0.222 e. The lowest BCUT2D eigenvalue weighted by Gasteiger charge is -2.16. The van der Waals surface area contributed by atoms with Crippen molar-refractivity contribution in [1.82, 2.24) is 4.90 Å². The van der Waals surface area contributed by atoms with Gasteiger partial charge in [0.2, 0.25) is 5.91 Å². The van der Waals surface area contributed by atoms with E-state index in [-0.39, 0.29) is 23.6 Å². The molecule has 1 aromatic rings. The summed E-state index contributed by atoms with van der Waals surface area (Å²) in [7, 11) is 1.59. The molecule has 0 radical (unpaired) electrons. The Morgan fingerprint density at radius 2 is 2.30 bits per heavy atom. The Kier molecular flexibility index (Phi) is 4.96. The fourth-order valence-corrected chi connectivity index (χ4v) is 2.90. The van der Waals surface area contributed by atoms with Gasteiger partial charge in [-0.15, -0.1) is 0 Å². The number of nitrogens with two attached hydrogens (primary N) is 1. The monoisotopic (exact) mass is 300 g/mol. The number of amides is 1. The molecule has 2 N–H and O–H groups in total. The third-order valence-corrected chi connectivity index (χ3v) is 3.90. The Bertz CT molecular complexity index is 498. The van der Waals surface area contributed by atoms with Crippen molar-refractivity contribution in [2.24, 2.45) is 17.6 Å². The standard InChI is InChI=1S/C14H18ClFN2O2/c1-20-8-10-6-18(7-12(10)14(17)19)5-9-4-11(15)2-3-13(9)16/h2-4,10,12H,5-8H2,1H3,(H2,17,19)/t10-,12+/m0/s1. The predicted octanol–water partition coefficient (Wildman–Crippen LogP) is 1.66. The molecule has 2 rings (SSSR count). The van der Waals surface area contributed by atoms with Crippen LogP contribution in [0.25, 0.3) is 0 Å². The summed E-state index contributed by atoms with van der Waals surface area (Å²) in [4.78, 5) is 13.5. The normalized spacial score (nSPS) is 23.1. The van der Waals surface area contributed by atoms with Crippen molar-refractivity contribution in [2.75, 3.05) is 26.8 Å². The number of halogens is 2. The lowest BCUT2D eigenvalue weighted by atomic mass is 9.96. The van der Waals surface area contributed by atoms with E-state index in [1.807, 2.05) is 4.90 Å². The Labute approximate surface area is 122 Å². The van der Waals surface area contributed by atoms with Gasteiger partial charge in [-0.05, 0) is 18.2 Å². The molecule has 2 atom stereocenters. The smallest absolute Gasteiger partial charge is 0.222 e. The van der Waals surface area contributed by atoms with Crippen LogP contribution in [-0.2, 0) is 16.1 Å². The number of nitrogens with zero attached hydrogens (tertiary/aromatic N) is 1. The van der Waals surface area contributed by atoms with E-state index in [0.29, 0.717) is 36.8 Å². The number of primary amides is 1. The highest BCUT2D eigenvalue weighted by atomic mass is 35.5. The van der Waals surface area contributed by atoms with Crippen molar-refractivity contribution < 1.29 is 13.9 Å². The van der Waals surface area contributed by atoms with Crippen LogP contribution in [0.15, 0.2) is 18.2 Å². The van der Waals surface area contributed by atoms with Gasteiger partial charge in [-0.25, -0.2) is 4.39 Å². The van der Waals surface area contributed by atoms with E-state index >= 15 is 0 Å². The summed E-state index contributed by atoms with van der Waals surface area (Å²) >= 11 is 5.88. The zero-order valence-corrected chi connectivity index (χ0v) is 12.1. The minimum Gasteiger partial charge on any atom is -0.384 e. The fraction of sp³-hybridized carbons (Fsp3) is 0.500. The van der Waals surface area contributed by atoms with Crippen molar-refractivity contribution in [3.63, 3.8) is 0 Å². The Morgan fingerprint density at radius 1 is 1.55 bits per heavy atom. The van der Waals surface area contributed by atoms with Gasteiger partial charge in [0.1, 0.15) is 5.82 Å². The van der Waals surface area contributed by atoms with Crippen LogP contribution in [-0.4, -0.2) is 37.6 Å². The average molecular weight is 301 g/mol. The topological polar surface area (TPSA) is 55.6 Å². The molecule has 6 heteroatoms. The number of hydrogen-bond acceptors (Lipinski definition) is 3. The molecule has 20 heavy (non-hydrogen) atoms. The number of benzene rings is 1. The highest BCUT2D eigenvalue weighted by Crippen LogP contribution is 2.26. The SMILES string of the molecule is COC[C@@H]1CN(Cc2cc(Cl)ccc2F)C[C@H]1C(N)=O. The van der Waals surface area contributed by atoms with Crippen molar-refractivity contribution in [3.8, 4) is 0 Å². The van der Waals surface area contributed by atoms with Crippen LogP contribution in [0.5, 0.6) is 0 Å². The molecule has 0 saturated carbocycles. The van der Waals surface area contributed by atoms with Crippen molar-refractivity contribution in [2.45, 2.75) is 6.54 Å². The first-order valence-electron chi connectivity index (χ1n) is 6.45. The second kappa shape index (κ2) is 6.52. The summed E-state index contributed by atoms with van der Waals surface area (Å²) in [6.07, 6.45) is 0. The minimum atomic E-state index is -0.332. The summed E-state index contributed by atoms with van der Waals surface area (Å²) in [5.41, 5.74) is 5.94. The minimum absolute atomic E-state index is 0.0553. The summed E-state index contributed by atoms with van der Waals surface area (Å²) in [6, 6.07) is 4.48. The van der Waals surface area contributed by atoms with Gasteiger partial charge in [0.25, 0.3) is 0 Å². The molecular weight excluding hydrogens is 283 g/mol. The molecule has 1 aliphatic heterocycles. The number of methoxy groups -OCH3 is 1. The molecule has 110 valence electrons. The van der Waals surface area contributed by atoms with Gasteiger partial charge in [-0.1, -0.05) is 11.6 Å². The van der Waals surface area contributed by atoms with Crippen molar-refractivity contribution in [1.29, 1.82) is 0 Å². The summed E-state index contributed by atoms with van der Waals surface area (Å²) < 4.78 is 18.8. The largest absolute Gasteiger partial charge is 0.384 e. The molecule has 0 bridgehead atoms. The molecule has 1 saturated heterocycles. The lowest BCUT2D eigenvalue weighted by molar-refractivity contribution is -0.123. The molecule has 1 fully saturated rings. The Hall–Kier alpha value is -1.17. The van der Waals surface area contributed by atoms with E-state index in [1.54, 1.807) is 13.2 Å². The van der Waals surface area contributed by atoms with Gasteiger partial charge >= 0.3 is 0 Å². The number of carbonyl (C=O) groups excluding carboxylic acids is 1. The zero-order chi connectivity index (χ0) is 14.7. The molecule has 0 aromatic heterocycles. The van der Waals surface area contributed by atoms with Gasteiger partial charge in [0, 0.05) is 43.2 Å². The van der Waals surface area contributed by atoms with Crippen LogP contribution in [0.1, 0.15) is 5.56 Å². The summed E-state index contributed by atoms with van der Waals surface area (Å²) in [5.74, 6) is -0.821. The number of hydrogen-bond donors (Lipinski definition) is 1. The molecule has 1 aromatic carbocycles. The maximum absolute atomic E-state index is 13.7. The first kappa shape index (κ1) is 15.2. The van der Waals surface area contributed by atoms with Gasteiger partial charge < -0.3 is 10.5 Å². The second-order valence-corrected chi connectivity index (χ2v) is 5.59. The van der Waals surface area contributed by atoms with Crippen LogP contribution in [0.3, 0.4) is 0 Å². The molecule has 1 aliphatic rings. The second-order valence-electron chi connectivity index (χ2n) is 5.15. The number of carbonyl (C=O) groups is 1. The molecule has 1 heterocycles. The lowest BCUT2D eigenvalue weighted by Crippen LogP contribution is -2.31. The predicted molar refractivity (Wildman–Crippen MR) is 74.7 cm³/mol. The van der Waals surface area contributed by atoms with Crippen LogP contribution in [0.4, 0.5) is 4.39 Å². The van der Waals surface area contributed by atoms with Crippen LogP contribution in [0.2, 0.25) is 5.02 Å². The third-order valence-electron chi connectivity index (χ3n) is 3.66. The number of likely N-dealkylation sites (tertiary alicyclic amines) is 1. The van der Waals surface area contributed by atoms with Gasteiger partial charge in [-0.3, -0.25) is 9.69 Å². The highest BCUT2D eigenvalue weighted by Gasteiger charge is 2.36. The zero-order valence-electron chi connectivity index (χ0n) is 11.3. The highest BCUT2D eigenvalue weighted by molar-refractivity contribution is 6.30. The van der Waals surface area contributed by atoms with E-state index in [1.165, 1.54) is 12.1 Å². The van der Waals surface area contributed by atoms with Crippen molar-refractivity contribution in [3.05, 3.63) is 34.6 Å². The third kappa shape index (κ3) is 3.48. The van der Waals surface area contributed by atoms with Crippen molar-refractivity contribution >= 4 is 17.5 Å². The molecular formula is C14H18ClFN2O2. The van der Waals surface area contributed by atoms with E-state index in [0.717, 1.165) is 0 Å². The van der Waals surface area contributed by atoms with Crippen LogP contribution in [0, 0.1) is 17.7 Å². The van der Waals surface area contributed by atoms with Crippen LogP contribution < -0.4 is 5.73 Å². The van der Waals surface area contributed by atoms with Gasteiger partial charge in [0.15, 0.2) is 0 Å². The molecule has 0 aliphatic carbocycles. The average Bonchev–Trinajstić information content (AvgIpc) is 2.77. The quantitative estimate of drug-likeness (QED) is 0.900. The van der Waals surface area contributed by atoms with E-state index < -0.39 is 0 Å². The van der Waals surface area contributed by atoms with E-state index in [9.17, 15) is 9.18 Å². The van der Waals surface area contributed by atoms with E-state index in [4.69, 9.17) is 22.1 Å². The Balaban J connectivity index is 2.07. The first-order chi connectivity index (χ1) is 9.51. The molecule has 4 nitrogen and oxygen atoms in total. The summed E-state index contributed by atoms with van der Waals surface area (Å²) in [5, 5.41) is 0.500. The van der Waals surface area contributed by atoms with Gasteiger partial charge in [0.05, 0.1) is 12.5 Å². The van der Waals surface area contributed by atoms with E-state index in [2.05, 4.69) is 0 Å². The maximum atomic E-state index is 13.7. The number of ether oxygens (including phenoxy) is 1. The molecule has 0 spiro atoms. The Morgan fingerprint density at radius 3 is 2.95 bits per heavy atom. The summed E-state index contributed by atoms with van der Waals surface area (Å²) in [6.45, 7) is 2.07. The molecule has 1 amide bonds.